The monoisotopic (exact) mass is 306 g/mol. The molecule has 98 valence electrons. The number of hydrogen-bond acceptors (Lipinski definition) is 4. The number of amides is 1. The van der Waals surface area contributed by atoms with Crippen molar-refractivity contribution < 1.29 is 9.59 Å². The van der Waals surface area contributed by atoms with E-state index in [1.807, 2.05) is 0 Å². The highest BCUT2D eigenvalue weighted by Gasteiger charge is 2.68. The third kappa shape index (κ3) is 2.15. The van der Waals surface area contributed by atoms with Crippen LogP contribution in [0, 0.1) is 12.3 Å². The fraction of sp³-hybridized carbons (Fsp3) is 0.545. The van der Waals surface area contributed by atoms with Gasteiger partial charge >= 0.3 is 0 Å². The predicted molar refractivity (Wildman–Crippen MR) is 72.6 cm³/mol. The quantitative estimate of drug-likeness (QED) is 0.689. The second kappa shape index (κ2) is 4.18. The Kier molecular flexibility index (Phi) is 3.20. The van der Waals surface area contributed by atoms with Gasteiger partial charge in [0.25, 0.3) is 0 Å². The summed E-state index contributed by atoms with van der Waals surface area (Å²) in [5, 5.41) is 3.07. The summed E-state index contributed by atoms with van der Waals surface area (Å²) in [6.07, 6.45) is 0.416. The minimum absolute atomic E-state index is 0.0628. The van der Waals surface area contributed by atoms with Gasteiger partial charge in [-0.15, -0.1) is 23.2 Å². The second-order valence-corrected chi connectivity index (χ2v) is 7.14. The maximum absolute atomic E-state index is 12.0. The van der Waals surface area contributed by atoms with E-state index in [9.17, 15) is 9.59 Å². The maximum Gasteiger partial charge on any atom is 0.235 e. The molecule has 18 heavy (non-hydrogen) atoms. The SMILES string of the molecule is CC(=O)c1sc(NC(=O)C2(C)CC2(Cl)Cl)nc1C. The van der Waals surface area contributed by atoms with Crippen molar-refractivity contribution >= 4 is 51.4 Å². The van der Waals surface area contributed by atoms with Crippen LogP contribution < -0.4 is 5.32 Å². The molecule has 1 amide bonds. The van der Waals surface area contributed by atoms with Crippen molar-refractivity contribution in [2.45, 2.75) is 31.5 Å². The highest BCUT2D eigenvalue weighted by molar-refractivity contribution is 7.17. The van der Waals surface area contributed by atoms with Crippen LogP contribution in [-0.2, 0) is 4.79 Å². The fourth-order valence-electron chi connectivity index (χ4n) is 1.66. The standard InChI is InChI=1S/C11H12Cl2N2O2S/c1-5-7(6(2)16)18-9(14-5)15-8(17)10(3)4-11(10,12)13/h4H2,1-3H3,(H,14,15,17). The number of aryl methyl sites for hydroxylation is 1. The summed E-state index contributed by atoms with van der Waals surface area (Å²) in [7, 11) is 0. The Morgan fingerprint density at radius 1 is 1.44 bits per heavy atom. The van der Waals surface area contributed by atoms with Gasteiger partial charge in [0.15, 0.2) is 10.9 Å². The zero-order chi connectivity index (χ0) is 13.7. The van der Waals surface area contributed by atoms with Crippen LogP contribution in [0.1, 0.15) is 35.6 Å². The molecule has 1 atom stereocenters. The zero-order valence-electron chi connectivity index (χ0n) is 10.1. The molecule has 1 N–H and O–H groups in total. The van der Waals surface area contributed by atoms with Crippen LogP contribution >= 0.6 is 34.5 Å². The lowest BCUT2D eigenvalue weighted by atomic mass is 10.1. The van der Waals surface area contributed by atoms with E-state index in [0.29, 0.717) is 22.1 Å². The first-order chi connectivity index (χ1) is 8.17. The number of hydrogen-bond donors (Lipinski definition) is 1. The van der Waals surface area contributed by atoms with Crippen molar-refractivity contribution in [2.24, 2.45) is 5.41 Å². The van der Waals surface area contributed by atoms with E-state index in [1.54, 1.807) is 13.8 Å². The van der Waals surface area contributed by atoms with Gasteiger partial charge in [-0.3, -0.25) is 9.59 Å². The maximum atomic E-state index is 12.0. The number of carbonyl (C=O) groups excluding carboxylic acids is 2. The summed E-state index contributed by atoms with van der Waals surface area (Å²) in [5.41, 5.74) is -0.168. The average molecular weight is 307 g/mol. The first-order valence-electron chi connectivity index (χ1n) is 5.35. The van der Waals surface area contributed by atoms with Gasteiger partial charge in [-0.1, -0.05) is 11.3 Å². The number of aromatic nitrogens is 1. The number of alkyl halides is 2. The smallest absolute Gasteiger partial charge is 0.235 e. The topological polar surface area (TPSA) is 59.1 Å². The molecule has 0 spiro atoms. The van der Waals surface area contributed by atoms with Gasteiger partial charge < -0.3 is 5.32 Å². The molecule has 1 heterocycles. The number of nitrogens with one attached hydrogen (secondary N) is 1. The molecular formula is C11H12Cl2N2O2S. The van der Waals surface area contributed by atoms with Crippen molar-refractivity contribution in [2.75, 3.05) is 5.32 Å². The summed E-state index contributed by atoms with van der Waals surface area (Å²) in [6, 6.07) is 0. The molecule has 1 fully saturated rings. The van der Waals surface area contributed by atoms with E-state index in [0.717, 1.165) is 11.3 Å². The Morgan fingerprint density at radius 3 is 2.39 bits per heavy atom. The lowest BCUT2D eigenvalue weighted by Crippen LogP contribution is -2.25. The van der Waals surface area contributed by atoms with E-state index in [4.69, 9.17) is 23.2 Å². The first kappa shape index (κ1) is 13.8. The number of nitrogens with zero attached hydrogens (tertiary/aromatic N) is 1. The molecule has 0 bridgehead atoms. The number of anilines is 1. The zero-order valence-corrected chi connectivity index (χ0v) is 12.5. The molecular weight excluding hydrogens is 295 g/mol. The molecule has 0 aromatic carbocycles. The van der Waals surface area contributed by atoms with Crippen LogP contribution in [-0.4, -0.2) is 21.0 Å². The Labute approximate surface area is 119 Å². The van der Waals surface area contributed by atoms with Crippen LogP contribution in [0.3, 0.4) is 0 Å². The second-order valence-electron chi connectivity index (χ2n) is 4.66. The highest BCUT2D eigenvalue weighted by Crippen LogP contribution is 2.64. The van der Waals surface area contributed by atoms with Crippen molar-refractivity contribution in [3.63, 3.8) is 0 Å². The molecule has 0 radical (unpaired) electrons. The fourth-order valence-corrected chi connectivity index (χ4v) is 3.22. The minimum atomic E-state index is -1.01. The first-order valence-corrected chi connectivity index (χ1v) is 6.92. The van der Waals surface area contributed by atoms with E-state index in [-0.39, 0.29) is 11.7 Å². The summed E-state index contributed by atoms with van der Waals surface area (Å²) < 4.78 is -1.01. The molecule has 1 unspecified atom stereocenters. The molecule has 0 saturated heterocycles. The van der Waals surface area contributed by atoms with Crippen molar-refractivity contribution in [1.82, 2.24) is 4.98 Å². The van der Waals surface area contributed by atoms with Crippen LogP contribution in [0.25, 0.3) is 0 Å². The van der Waals surface area contributed by atoms with E-state index >= 15 is 0 Å². The van der Waals surface area contributed by atoms with Gasteiger partial charge in [0.05, 0.1) is 16.0 Å². The van der Waals surface area contributed by atoms with Crippen molar-refractivity contribution in [3.8, 4) is 0 Å². The molecule has 1 saturated carbocycles. The van der Waals surface area contributed by atoms with Gasteiger partial charge in [-0.25, -0.2) is 4.98 Å². The molecule has 0 aliphatic heterocycles. The lowest BCUT2D eigenvalue weighted by molar-refractivity contribution is -0.120. The normalized spacial score (nSPS) is 24.7. The molecule has 1 aromatic rings. The molecule has 1 aromatic heterocycles. The van der Waals surface area contributed by atoms with Crippen LogP contribution in [0.15, 0.2) is 0 Å². The molecule has 1 aliphatic rings. The van der Waals surface area contributed by atoms with E-state index in [2.05, 4.69) is 10.3 Å². The molecule has 2 rings (SSSR count). The Balaban J connectivity index is 2.14. The van der Waals surface area contributed by atoms with Gasteiger partial charge in [-0.05, 0) is 20.3 Å². The third-order valence-corrected chi connectivity index (χ3v) is 5.37. The predicted octanol–water partition coefficient (Wildman–Crippen LogP) is 3.18. The number of Topliss-reactive ketones (excluding diaryl/α,β-unsaturated/α-hetero) is 1. The Morgan fingerprint density at radius 2 is 2.00 bits per heavy atom. The van der Waals surface area contributed by atoms with Gasteiger partial charge in [0.2, 0.25) is 5.91 Å². The number of ketones is 1. The Hall–Kier alpha value is -0.650. The lowest BCUT2D eigenvalue weighted by Gasteiger charge is -2.10. The minimum Gasteiger partial charge on any atom is -0.301 e. The van der Waals surface area contributed by atoms with Crippen LogP contribution in [0.4, 0.5) is 5.13 Å². The van der Waals surface area contributed by atoms with E-state index < -0.39 is 9.75 Å². The summed E-state index contributed by atoms with van der Waals surface area (Å²) >= 11 is 13.0. The number of halogens is 2. The van der Waals surface area contributed by atoms with Crippen LogP contribution in [0.5, 0.6) is 0 Å². The number of carbonyl (C=O) groups is 2. The summed E-state index contributed by atoms with van der Waals surface area (Å²) in [6.45, 7) is 4.90. The highest BCUT2D eigenvalue weighted by atomic mass is 35.5. The Bertz CT molecular complexity index is 541. The molecule has 7 heteroatoms. The van der Waals surface area contributed by atoms with Gasteiger partial charge in [0.1, 0.15) is 4.33 Å². The molecule has 4 nitrogen and oxygen atoms in total. The molecule has 1 aliphatic carbocycles. The van der Waals surface area contributed by atoms with Crippen LogP contribution in [0.2, 0.25) is 0 Å². The summed E-state index contributed by atoms with van der Waals surface area (Å²) in [4.78, 5) is 28.0. The largest absolute Gasteiger partial charge is 0.301 e. The van der Waals surface area contributed by atoms with E-state index in [1.165, 1.54) is 6.92 Å². The average Bonchev–Trinajstić information content (AvgIpc) is 2.58. The van der Waals surface area contributed by atoms with Gasteiger partial charge in [-0.2, -0.15) is 0 Å². The van der Waals surface area contributed by atoms with Crippen molar-refractivity contribution in [1.29, 1.82) is 0 Å². The number of rotatable bonds is 3. The third-order valence-electron chi connectivity index (χ3n) is 3.10. The number of thiazole rings is 1. The summed E-state index contributed by atoms with van der Waals surface area (Å²) in [5.74, 6) is -0.330. The van der Waals surface area contributed by atoms with Gasteiger partial charge in [0, 0.05) is 6.92 Å². The van der Waals surface area contributed by atoms with Crippen molar-refractivity contribution in [3.05, 3.63) is 10.6 Å².